The van der Waals surface area contributed by atoms with E-state index in [1.165, 1.54) is 6.92 Å². The van der Waals surface area contributed by atoms with Crippen LogP contribution in [0.2, 0.25) is 0 Å². The Morgan fingerprint density at radius 2 is 2.06 bits per heavy atom. The van der Waals surface area contributed by atoms with E-state index in [4.69, 9.17) is 15.1 Å². The zero-order valence-electron chi connectivity index (χ0n) is 8.56. The molecule has 9 heteroatoms. The summed E-state index contributed by atoms with van der Waals surface area (Å²) in [6.07, 6.45) is -6.90. The van der Waals surface area contributed by atoms with Crippen LogP contribution in [0.25, 0.3) is 0 Å². The molecule has 0 bridgehead atoms. The van der Waals surface area contributed by atoms with Gasteiger partial charge in [-0.3, -0.25) is 4.52 Å². The average Bonchev–Trinajstić information content (AvgIpc) is 2.17. The van der Waals surface area contributed by atoms with E-state index in [1.807, 2.05) is 0 Å². The Bertz CT molecular complexity index is 286. The van der Waals surface area contributed by atoms with Crippen LogP contribution in [0.4, 0.5) is 4.39 Å². The first-order valence-corrected chi connectivity index (χ1v) is 6.28. The molecule has 96 valence electrons. The SMILES string of the molecule is CC1OC(COP(N)(=O)O)[C@@H](O)[C@H](O)C1F. The van der Waals surface area contributed by atoms with Crippen LogP contribution < -0.4 is 5.50 Å². The summed E-state index contributed by atoms with van der Waals surface area (Å²) in [5.74, 6) is 0. The molecule has 1 rings (SSSR count). The van der Waals surface area contributed by atoms with E-state index < -0.39 is 44.9 Å². The third kappa shape index (κ3) is 3.46. The van der Waals surface area contributed by atoms with Crippen molar-refractivity contribution in [1.82, 2.24) is 0 Å². The van der Waals surface area contributed by atoms with Gasteiger partial charge in [-0.25, -0.2) is 14.5 Å². The number of ether oxygens (including phenoxy) is 1. The zero-order valence-corrected chi connectivity index (χ0v) is 9.46. The number of aliphatic hydroxyl groups is 2. The molecule has 1 heterocycles. The van der Waals surface area contributed by atoms with E-state index in [0.717, 1.165) is 0 Å². The van der Waals surface area contributed by atoms with Gasteiger partial charge < -0.3 is 19.8 Å². The van der Waals surface area contributed by atoms with Gasteiger partial charge in [0.2, 0.25) is 0 Å². The lowest BCUT2D eigenvalue weighted by Crippen LogP contribution is -2.56. The molecule has 0 aliphatic carbocycles. The molecule has 0 aromatic carbocycles. The number of hydrogen-bond donors (Lipinski definition) is 4. The molecule has 1 aliphatic heterocycles. The highest BCUT2D eigenvalue weighted by Crippen LogP contribution is 2.33. The van der Waals surface area contributed by atoms with Gasteiger partial charge in [0, 0.05) is 0 Å². The predicted molar refractivity (Wildman–Crippen MR) is 51.2 cm³/mol. The summed E-state index contributed by atoms with van der Waals surface area (Å²) in [6.45, 7) is 0.868. The molecular weight excluding hydrogens is 244 g/mol. The smallest absolute Gasteiger partial charge is 0.387 e. The highest BCUT2D eigenvalue weighted by molar-refractivity contribution is 7.50. The minimum atomic E-state index is -4.18. The van der Waals surface area contributed by atoms with Crippen LogP contribution in [-0.4, -0.2) is 52.3 Å². The Balaban J connectivity index is 2.57. The lowest BCUT2D eigenvalue weighted by molar-refractivity contribution is -0.205. The van der Waals surface area contributed by atoms with E-state index in [1.54, 1.807) is 0 Å². The Kier molecular flexibility index (Phi) is 4.42. The van der Waals surface area contributed by atoms with E-state index in [-0.39, 0.29) is 0 Å². The first-order chi connectivity index (χ1) is 7.22. The summed E-state index contributed by atoms with van der Waals surface area (Å²) in [4.78, 5) is 8.66. The van der Waals surface area contributed by atoms with Gasteiger partial charge in [0.1, 0.15) is 18.3 Å². The van der Waals surface area contributed by atoms with E-state index in [2.05, 4.69) is 4.52 Å². The molecule has 0 radical (unpaired) electrons. The second-order valence-corrected chi connectivity index (χ2v) is 5.05. The molecule has 5 N–H and O–H groups in total. The van der Waals surface area contributed by atoms with Crippen molar-refractivity contribution in [3.05, 3.63) is 0 Å². The van der Waals surface area contributed by atoms with E-state index >= 15 is 0 Å². The minimum absolute atomic E-state index is 0.500. The van der Waals surface area contributed by atoms with Crippen LogP contribution in [0.1, 0.15) is 6.92 Å². The van der Waals surface area contributed by atoms with Crippen LogP contribution in [0.15, 0.2) is 0 Å². The maximum Gasteiger partial charge on any atom is 0.400 e. The normalized spacial score (nSPS) is 44.0. The lowest BCUT2D eigenvalue weighted by Gasteiger charge is -2.38. The molecule has 7 nitrogen and oxygen atoms in total. The maximum absolute atomic E-state index is 13.2. The molecule has 1 aliphatic rings. The Morgan fingerprint density at radius 1 is 1.50 bits per heavy atom. The number of aliphatic hydroxyl groups excluding tert-OH is 2. The summed E-state index contributed by atoms with van der Waals surface area (Å²) in [6, 6.07) is 0. The first-order valence-electron chi connectivity index (χ1n) is 4.64. The predicted octanol–water partition coefficient (Wildman–Crippen LogP) is -1.09. The van der Waals surface area contributed by atoms with Gasteiger partial charge in [-0.15, -0.1) is 0 Å². The standard InChI is InChI=1S/C7H15FNO6P/c1-3-5(8)7(11)6(10)4(15-3)2-14-16(9,12)13/h3-7,10-11H,2H2,1H3,(H3,9,12,13)/t3?,4?,5?,6-,7-/m1/s1. The molecule has 0 saturated carbocycles. The van der Waals surface area contributed by atoms with E-state index in [0.29, 0.717) is 0 Å². The third-order valence-electron chi connectivity index (χ3n) is 2.32. The van der Waals surface area contributed by atoms with Crippen molar-refractivity contribution in [2.45, 2.75) is 37.5 Å². The van der Waals surface area contributed by atoms with Gasteiger partial charge in [-0.2, -0.15) is 0 Å². The number of halogens is 1. The number of nitrogens with two attached hydrogens (primary N) is 1. The topological polar surface area (TPSA) is 122 Å². The monoisotopic (exact) mass is 259 g/mol. The first kappa shape index (κ1) is 14.0. The van der Waals surface area contributed by atoms with Crippen molar-refractivity contribution in [1.29, 1.82) is 0 Å². The molecule has 6 atom stereocenters. The number of alkyl halides is 1. The van der Waals surface area contributed by atoms with Crippen LogP contribution in [-0.2, 0) is 13.8 Å². The second-order valence-electron chi connectivity index (χ2n) is 3.67. The summed E-state index contributed by atoms with van der Waals surface area (Å²) in [7, 11) is -4.18. The Hall–Kier alpha value is -0.0800. The van der Waals surface area contributed by atoms with Gasteiger partial charge >= 0.3 is 7.75 Å². The Morgan fingerprint density at radius 3 is 2.56 bits per heavy atom. The zero-order chi connectivity index (χ0) is 12.5. The van der Waals surface area contributed by atoms with Gasteiger partial charge in [0.15, 0.2) is 6.17 Å². The fourth-order valence-corrected chi connectivity index (χ4v) is 1.80. The van der Waals surface area contributed by atoms with Gasteiger partial charge in [0.25, 0.3) is 0 Å². The molecule has 1 fully saturated rings. The Labute approximate surface area is 91.6 Å². The number of hydrogen-bond acceptors (Lipinski definition) is 5. The number of rotatable bonds is 3. The molecule has 0 aromatic rings. The average molecular weight is 259 g/mol. The lowest BCUT2D eigenvalue weighted by atomic mass is 9.97. The van der Waals surface area contributed by atoms with Gasteiger partial charge in [-0.1, -0.05) is 0 Å². The van der Waals surface area contributed by atoms with Crippen molar-refractivity contribution in [2.75, 3.05) is 6.61 Å². The minimum Gasteiger partial charge on any atom is -0.387 e. The highest BCUT2D eigenvalue weighted by Gasteiger charge is 2.43. The fraction of sp³-hybridized carbons (Fsp3) is 1.00. The second kappa shape index (κ2) is 5.05. The van der Waals surface area contributed by atoms with Crippen LogP contribution >= 0.6 is 7.75 Å². The van der Waals surface area contributed by atoms with Crippen LogP contribution in [0, 0.1) is 0 Å². The summed E-state index contributed by atoms with van der Waals surface area (Å²) < 4.78 is 33.1. The summed E-state index contributed by atoms with van der Waals surface area (Å²) >= 11 is 0. The van der Waals surface area contributed by atoms with Crippen molar-refractivity contribution < 1.29 is 33.3 Å². The van der Waals surface area contributed by atoms with Gasteiger partial charge in [0.05, 0.1) is 12.7 Å². The quantitative estimate of drug-likeness (QED) is 0.475. The highest BCUT2D eigenvalue weighted by atomic mass is 31.2. The molecule has 16 heavy (non-hydrogen) atoms. The van der Waals surface area contributed by atoms with Crippen molar-refractivity contribution >= 4 is 7.75 Å². The molecule has 4 unspecified atom stereocenters. The molecule has 0 amide bonds. The summed E-state index contributed by atoms with van der Waals surface area (Å²) in [5.41, 5.74) is 4.71. The molecular formula is C7H15FNO6P. The fourth-order valence-electron chi connectivity index (χ4n) is 1.44. The maximum atomic E-state index is 13.2. The van der Waals surface area contributed by atoms with Crippen molar-refractivity contribution in [3.63, 3.8) is 0 Å². The van der Waals surface area contributed by atoms with Crippen molar-refractivity contribution in [3.8, 4) is 0 Å². The van der Waals surface area contributed by atoms with Crippen LogP contribution in [0.3, 0.4) is 0 Å². The van der Waals surface area contributed by atoms with Gasteiger partial charge in [-0.05, 0) is 6.92 Å². The molecule has 0 spiro atoms. The molecule has 0 aromatic heterocycles. The largest absolute Gasteiger partial charge is 0.400 e. The van der Waals surface area contributed by atoms with E-state index in [9.17, 15) is 19.2 Å². The summed E-state index contributed by atoms with van der Waals surface area (Å²) in [5, 5.41) is 18.7. The van der Waals surface area contributed by atoms with Crippen LogP contribution in [0.5, 0.6) is 0 Å². The molecule has 1 saturated heterocycles. The third-order valence-corrected chi connectivity index (χ3v) is 2.84. The van der Waals surface area contributed by atoms with Crippen molar-refractivity contribution in [2.24, 2.45) is 5.50 Å².